The molecule has 8 fully saturated rings. The molecule has 0 amide bonds. The molecular formula is C63H96N6O7S2. The Bertz CT molecular complexity index is 2540. The summed E-state index contributed by atoms with van der Waals surface area (Å²) in [7, 11) is 5.53. The number of nitrogens with zero attached hydrogens (tertiary/aromatic N) is 3. The van der Waals surface area contributed by atoms with Crippen molar-refractivity contribution in [3.8, 4) is 0 Å². The molecule has 15 heteroatoms. The predicted octanol–water partition coefficient (Wildman–Crippen LogP) is 8.37. The number of hydrogen-bond donors (Lipinski definition) is 9. The van der Waals surface area contributed by atoms with Gasteiger partial charge in [0, 0.05) is 78.0 Å². The zero-order valence-corrected chi connectivity index (χ0v) is 49.4. The van der Waals surface area contributed by atoms with Crippen LogP contribution in [0, 0.1) is 98.6 Å². The standard InChI is InChI=1S/C63H96N6O7S2/c1-34(2)12-10-21-61-27-48(73)56(74)43(28-65-6)54(61)47(72)25-46-53(61)42(29-67-58(64)68-35(3)71)44-17-16-39-38-13-9-14-40-49(38)51-55(41-15-11-20-60(52(40)41)18-7-8-19-60)59(4,5)26-37(69-23-22-66-33-69)31-78-77-30-36-24-45(50(39)57(51)75)62(44,32-70)63(36,46)76/h22-23,25,33-39,42-45,48,50-54,56-57,65,70-71,73-76H,7-21,24,26-32H2,1-6H3,(H3,64,67,68). The maximum absolute atomic E-state index is 15.9. The van der Waals surface area contributed by atoms with Crippen LogP contribution in [0.15, 0.2) is 57.7 Å². The third kappa shape index (κ3) is 8.40. The first-order valence-electron chi connectivity index (χ1n) is 31.1. The largest absolute Gasteiger partial charge is 0.396 e. The van der Waals surface area contributed by atoms with Crippen molar-refractivity contribution in [1.29, 1.82) is 0 Å². The van der Waals surface area contributed by atoms with Gasteiger partial charge in [-0.05, 0) is 179 Å². The van der Waals surface area contributed by atoms with Crippen molar-refractivity contribution >= 4 is 33.3 Å². The van der Waals surface area contributed by atoms with Crippen LogP contribution >= 0.6 is 21.6 Å². The van der Waals surface area contributed by atoms with Crippen LogP contribution in [0.1, 0.15) is 156 Å². The normalized spacial score (nSPS) is 44.9. The smallest absolute Gasteiger partial charge is 0.190 e. The number of rotatable bonds is 11. The number of aliphatic imine (C=N–C) groups is 1. The molecule has 1 aliphatic heterocycles. The van der Waals surface area contributed by atoms with Crippen molar-refractivity contribution in [1.82, 2.24) is 20.2 Å². The molecule has 2 heterocycles. The number of nitrogens with one attached hydrogen (secondary N) is 2. The number of nitrogens with two attached hydrogens (primary N) is 1. The SMILES string of the molecule is CNCC1C(O)C(O)CC2(CCCC(C)C)C1C(=O)C=C1C2C(CN=C(N)NC(C)O)C2CCC3C4CCCC5=C4C4C(=C6CCCC7(CCCC7)C56)C(C)(C)CC(n5ccnc5)CSSCC5CC(C3C4O)C2(CO)C15O. The van der Waals surface area contributed by atoms with E-state index in [1.165, 1.54) is 44.1 Å². The Morgan fingerprint density at radius 1 is 0.949 bits per heavy atom. The van der Waals surface area contributed by atoms with Gasteiger partial charge in [0.15, 0.2) is 11.7 Å². The molecule has 20 unspecified atom stereocenters. The van der Waals surface area contributed by atoms with Gasteiger partial charge in [-0.15, -0.1) is 0 Å². The van der Waals surface area contributed by atoms with Crippen LogP contribution in [-0.4, -0.2) is 120 Å². The molecule has 7 saturated carbocycles. The summed E-state index contributed by atoms with van der Waals surface area (Å²) < 4.78 is 2.32. The highest BCUT2D eigenvalue weighted by atomic mass is 33.1. The van der Waals surface area contributed by atoms with Gasteiger partial charge in [-0.3, -0.25) is 9.79 Å². The molecule has 10 N–H and O–H groups in total. The molecule has 0 aromatic carbocycles. The second kappa shape index (κ2) is 21.1. The number of aromatic nitrogens is 2. The maximum Gasteiger partial charge on any atom is 0.190 e. The summed E-state index contributed by atoms with van der Waals surface area (Å²) in [5.41, 5.74) is 10.2. The minimum absolute atomic E-state index is 0.107. The Balaban J connectivity index is 1.11. The first kappa shape index (κ1) is 56.3. The minimum Gasteiger partial charge on any atom is -0.396 e. The predicted molar refractivity (Wildman–Crippen MR) is 310 cm³/mol. The van der Waals surface area contributed by atoms with E-state index >= 15 is 9.90 Å². The quantitative estimate of drug-likeness (QED) is 0.0335. The van der Waals surface area contributed by atoms with Gasteiger partial charge in [-0.25, -0.2) is 4.98 Å². The van der Waals surface area contributed by atoms with Gasteiger partial charge < -0.3 is 51.6 Å². The lowest BCUT2D eigenvalue weighted by atomic mass is 9.37. The second-order valence-corrected chi connectivity index (χ2v) is 31.2. The Morgan fingerprint density at radius 3 is 2.42 bits per heavy atom. The molecule has 11 aliphatic rings. The van der Waals surface area contributed by atoms with Crippen LogP contribution in [0.3, 0.4) is 0 Å². The van der Waals surface area contributed by atoms with Gasteiger partial charge in [0.05, 0.1) is 36.8 Å². The van der Waals surface area contributed by atoms with Crippen molar-refractivity contribution in [3.05, 3.63) is 52.7 Å². The van der Waals surface area contributed by atoms with E-state index in [1.54, 1.807) is 29.7 Å². The van der Waals surface area contributed by atoms with Crippen LogP contribution in [0.2, 0.25) is 0 Å². The lowest BCUT2D eigenvalue weighted by Gasteiger charge is -2.68. The molecule has 1 aromatic heterocycles. The number of guanidine groups is 1. The molecule has 78 heavy (non-hydrogen) atoms. The van der Waals surface area contributed by atoms with E-state index in [2.05, 4.69) is 54.1 Å². The fraction of sp³-hybridized carbons (Fsp3) is 0.825. The Kier molecular flexibility index (Phi) is 15.3. The minimum atomic E-state index is -1.65. The average Bonchev–Trinajstić information content (AvgIpc) is 2.03. The van der Waals surface area contributed by atoms with Crippen LogP contribution in [0.5, 0.6) is 0 Å². The molecule has 12 rings (SSSR count). The van der Waals surface area contributed by atoms with Crippen LogP contribution in [0.25, 0.3) is 0 Å². The summed E-state index contributed by atoms with van der Waals surface area (Å²) in [4.78, 5) is 25.6. The topological polar surface area (TPSA) is 219 Å². The van der Waals surface area contributed by atoms with Crippen molar-refractivity contribution in [2.45, 2.75) is 186 Å². The number of fused-ring (bicyclic) bond motifs is 10. The third-order valence-electron chi connectivity index (χ3n) is 24.3. The monoisotopic (exact) mass is 1110 g/mol. The van der Waals surface area contributed by atoms with Gasteiger partial charge in [-0.1, -0.05) is 97.3 Å². The summed E-state index contributed by atoms with van der Waals surface area (Å²) in [5.74, 6) is -0.605. The summed E-state index contributed by atoms with van der Waals surface area (Å²) in [6.07, 6.45) is 21.6. The number of allylic oxidation sites excluding steroid dienone is 3. The van der Waals surface area contributed by atoms with E-state index in [1.807, 2.05) is 41.2 Å². The Morgan fingerprint density at radius 2 is 1.71 bits per heavy atom. The Hall–Kier alpha value is -2.21. The van der Waals surface area contributed by atoms with Crippen LogP contribution in [0.4, 0.5) is 0 Å². The first-order valence-corrected chi connectivity index (χ1v) is 33.6. The molecule has 1 aromatic rings. The van der Waals surface area contributed by atoms with E-state index in [0.717, 1.165) is 57.1 Å². The fourth-order valence-corrected chi connectivity index (χ4v) is 25.0. The van der Waals surface area contributed by atoms with E-state index in [0.29, 0.717) is 49.0 Å². The zero-order valence-electron chi connectivity index (χ0n) is 47.8. The zero-order chi connectivity index (χ0) is 54.8. The molecule has 13 nitrogen and oxygen atoms in total. The number of hydrogen-bond acceptors (Lipinski definition) is 12. The van der Waals surface area contributed by atoms with E-state index in [9.17, 15) is 25.5 Å². The molecule has 1 spiro atoms. The Labute approximate surface area is 473 Å². The molecule has 4 bridgehead atoms. The number of carbonyl (C=O) groups is 1. The van der Waals surface area contributed by atoms with Crippen molar-refractivity contribution < 1.29 is 35.4 Å². The molecule has 0 radical (unpaired) electrons. The number of aliphatic hydroxyl groups is 6. The molecule has 1 saturated heterocycles. The molecule has 10 aliphatic carbocycles. The van der Waals surface area contributed by atoms with Gasteiger partial charge in [0.25, 0.3) is 0 Å². The lowest BCUT2D eigenvalue weighted by molar-refractivity contribution is -0.220. The number of carbonyl (C=O) groups excluding carboxylic acids is 1. The van der Waals surface area contributed by atoms with Gasteiger partial charge in [-0.2, -0.15) is 0 Å². The highest BCUT2D eigenvalue weighted by Crippen LogP contribution is 2.78. The molecule has 20 atom stereocenters. The van der Waals surface area contributed by atoms with Crippen LogP contribution in [-0.2, 0) is 4.79 Å². The van der Waals surface area contributed by atoms with Gasteiger partial charge in [0.2, 0.25) is 0 Å². The lowest BCUT2D eigenvalue weighted by Crippen LogP contribution is -2.72. The van der Waals surface area contributed by atoms with Crippen molar-refractivity contribution in [2.75, 3.05) is 38.2 Å². The summed E-state index contributed by atoms with van der Waals surface area (Å²) in [6.45, 7) is 11.3. The third-order valence-corrected chi connectivity index (χ3v) is 26.9. The molecular weight excluding hydrogens is 1020 g/mol. The average molecular weight is 1110 g/mol. The van der Waals surface area contributed by atoms with Gasteiger partial charge in [0.1, 0.15) is 6.23 Å². The summed E-state index contributed by atoms with van der Waals surface area (Å²) in [5, 5.41) is 83.9. The van der Waals surface area contributed by atoms with Crippen molar-refractivity contribution in [3.63, 3.8) is 0 Å². The fourth-order valence-electron chi connectivity index (χ4n) is 22.3. The number of imidazole rings is 1. The van der Waals surface area contributed by atoms with Crippen LogP contribution < -0.4 is 16.4 Å². The number of aliphatic hydroxyl groups excluding tert-OH is 5. The van der Waals surface area contributed by atoms with Gasteiger partial charge >= 0.3 is 0 Å². The summed E-state index contributed by atoms with van der Waals surface area (Å²) in [6, 6.07) is 0.135. The van der Waals surface area contributed by atoms with E-state index in [-0.39, 0.29) is 95.5 Å². The maximum atomic E-state index is 15.9. The first-order chi connectivity index (χ1) is 37.4. The summed E-state index contributed by atoms with van der Waals surface area (Å²) >= 11 is 0. The highest BCUT2D eigenvalue weighted by molar-refractivity contribution is 8.76. The van der Waals surface area contributed by atoms with E-state index in [4.69, 9.17) is 10.7 Å². The number of ketones is 1. The van der Waals surface area contributed by atoms with E-state index < -0.39 is 58.7 Å². The second-order valence-electron chi connectivity index (χ2n) is 28.7. The molecule has 432 valence electrons. The highest BCUT2D eigenvalue weighted by Gasteiger charge is 2.79. The van der Waals surface area contributed by atoms with Crippen molar-refractivity contribution in [2.24, 2.45) is 109 Å².